The summed E-state index contributed by atoms with van der Waals surface area (Å²) in [6, 6.07) is 7.91. The summed E-state index contributed by atoms with van der Waals surface area (Å²) in [6.45, 7) is 4.56. The van der Waals surface area contributed by atoms with E-state index in [4.69, 9.17) is 10.5 Å². The van der Waals surface area contributed by atoms with Crippen molar-refractivity contribution in [3.63, 3.8) is 0 Å². The molecular formula is C15H21BrN2O2. The van der Waals surface area contributed by atoms with Crippen molar-refractivity contribution in [2.45, 2.75) is 44.9 Å². The average molecular weight is 341 g/mol. The van der Waals surface area contributed by atoms with Gasteiger partial charge in [0.15, 0.2) is 6.10 Å². The van der Waals surface area contributed by atoms with Gasteiger partial charge in [0.1, 0.15) is 5.75 Å². The van der Waals surface area contributed by atoms with Gasteiger partial charge in [-0.1, -0.05) is 22.0 Å². The standard InChI is InChI=1S/C15H21BrN2O2/c1-10-8-13(17)6-7-18(10)15(19)11(2)20-14-5-3-4-12(16)9-14/h3-5,9-11,13H,6-8,17H2,1-2H3/t10-,11-,13-/m0/s1. The summed E-state index contributed by atoms with van der Waals surface area (Å²) in [5.74, 6) is 0.728. The number of amides is 1. The van der Waals surface area contributed by atoms with E-state index in [2.05, 4.69) is 15.9 Å². The molecule has 5 heteroatoms. The maximum absolute atomic E-state index is 12.5. The van der Waals surface area contributed by atoms with Gasteiger partial charge >= 0.3 is 0 Å². The quantitative estimate of drug-likeness (QED) is 0.919. The second-order valence-corrected chi connectivity index (χ2v) is 6.30. The molecule has 0 aromatic heterocycles. The molecule has 1 aliphatic rings. The minimum absolute atomic E-state index is 0.0318. The van der Waals surface area contributed by atoms with Gasteiger partial charge in [0.25, 0.3) is 5.91 Å². The van der Waals surface area contributed by atoms with Crippen molar-refractivity contribution in [2.75, 3.05) is 6.54 Å². The molecule has 0 spiro atoms. The number of carbonyl (C=O) groups excluding carboxylic acids is 1. The normalized spacial score (nSPS) is 24.3. The monoisotopic (exact) mass is 340 g/mol. The van der Waals surface area contributed by atoms with E-state index in [1.807, 2.05) is 36.1 Å². The van der Waals surface area contributed by atoms with E-state index < -0.39 is 6.10 Å². The molecule has 0 bridgehead atoms. The SMILES string of the molecule is C[C@H](Oc1cccc(Br)c1)C(=O)N1CC[C@H](N)C[C@@H]1C. The highest BCUT2D eigenvalue weighted by atomic mass is 79.9. The second-order valence-electron chi connectivity index (χ2n) is 5.38. The Hall–Kier alpha value is -1.07. The molecule has 0 unspecified atom stereocenters. The summed E-state index contributed by atoms with van der Waals surface area (Å²) in [5.41, 5.74) is 5.93. The van der Waals surface area contributed by atoms with Crippen LogP contribution in [0.25, 0.3) is 0 Å². The van der Waals surface area contributed by atoms with Crippen molar-refractivity contribution in [3.8, 4) is 5.75 Å². The van der Waals surface area contributed by atoms with Crippen LogP contribution in [0.2, 0.25) is 0 Å². The molecule has 0 radical (unpaired) electrons. The third kappa shape index (κ3) is 3.73. The predicted molar refractivity (Wildman–Crippen MR) is 82.6 cm³/mol. The molecule has 4 nitrogen and oxygen atoms in total. The third-order valence-electron chi connectivity index (χ3n) is 3.66. The second kappa shape index (κ2) is 6.59. The first kappa shape index (κ1) is 15.3. The zero-order valence-corrected chi connectivity index (χ0v) is 13.5. The molecule has 1 fully saturated rings. The van der Waals surface area contributed by atoms with Gasteiger partial charge in [0, 0.05) is 23.1 Å². The minimum atomic E-state index is -0.485. The molecule has 1 aromatic carbocycles. The van der Waals surface area contributed by atoms with Gasteiger partial charge in [-0.3, -0.25) is 4.79 Å². The Morgan fingerprint density at radius 2 is 2.30 bits per heavy atom. The van der Waals surface area contributed by atoms with Gasteiger partial charge in [0.2, 0.25) is 0 Å². The third-order valence-corrected chi connectivity index (χ3v) is 4.15. The number of nitrogens with two attached hydrogens (primary N) is 1. The van der Waals surface area contributed by atoms with Crippen LogP contribution in [0.1, 0.15) is 26.7 Å². The molecule has 1 aromatic rings. The number of nitrogens with zero attached hydrogens (tertiary/aromatic N) is 1. The van der Waals surface area contributed by atoms with Crippen LogP contribution in [-0.2, 0) is 4.79 Å². The molecule has 3 atom stereocenters. The van der Waals surface area contributed by atoms with Gasteiger partial charge < -0.3 is 15.4 Å². The van der Waals surface area contributed by atoms with E-state index in [0.717, 1.165) is 17.3 Å². The number of rotatable bonds is 3. The smallest absolute Gasteiger partial charge is 0.263 e. The number of halogens is 1. The van der Waals surface area contributed by atoms with E-state index in [-0.39, 0.29) is 18.0 Å². The van der Waals surface area contributed by atoms with Crippen LogP contribution in [0.5, 0.6) is 5.75 Å². The molecule has 0 aliphatic carbocycles. The maximum Gasteiger partial charge on any atom is 0.263 e. The van der Waals surface area contributed by atoms with Crippen LogP contribution in [-0.4, -0.2) is 35.5 Å². The Morgan fingerprint density at radius 1 is 1.55 bits per heavy atom. The van der Waals surface area contributed by atoms with E-state index >= 15 is 0 Å². The molecule has 2 N–H and O–H groups in total. The fraction of sp³-hybridized carbons (Fsp3) is 0.533. The van der Waals surface area contributed by atoms with Gasteiger partial charge in [0.05, 0.1) is 0 Å². The molecule has 110 valence electrons. The number of likely N-dealkylation sites (tertiary alicyclic amines) is 1. The van der Waals surface area contributed by atoms with Crippen molar-refractivity contribution in [2.24, 2.45) is 5.73 Å². The number of hydrogen-bond donors (Lipinski definition) is 1. The first-order valence-electron chi connectivity index (χ1n) is 6.95. The van der Waals surface area contributed by atoms with Gasteiger partial charge in [-0.05, 0) is 44.9 Å². The Kier molecular flexibility index (Phi) is 5.05. The average Bonchev–Trinajstić information content (AvgIpc) is 2.38. The number of ether oxygens (including phenoxy) is 1. The summed E-state index contributed by atoms with van der Waals surface area (Å²) in [5, 5.41) is 0. The lowest BCUT2D eigenvalue weighted by atomic mass is 9.98. The summed E-state index contributed by atoms with van der Waals surface area (Å²) >= 11 is 3.39. The maximum atomic E-state index is 12.5. The van der Waals surface area contributed by atoms with Crippen molar-refractivity contribution in [1.82, 2.24) is 4.90 Å². The fourth-order valence-corrected chi connectivity index (χ4v) is 2.94. The number of piperidine rings is 1. The van der Waals surface area contributed by atoms with Gasteiger partial charge in [-0.15, -0.1) is 0 Å². The number of hydrogen-bond acceptors (Lipinski definition) is 3. The fourth-order valence-electron chi connectivity index (χ4n) is 2.56. The highest BCUT2D eigenvalue weighted by Gasteiger charge is 2.30. The molecule has 1 heterocycles. The highest BCUT2D eigenvalue weighted by molar-refractivity contribution is 9.10. The summed E-state index contributed by atoms with van der Waals surface area (Å²) in [7, 11) is 0. The zero-order valence-electron chi connectivity index (χ0n) is 11.9. The van der Waals surface area contributed by atoms with Crippen LogP contribution < -0.4 is 10.5 Å². The first-order valence-corrected chi connectivity index (χ1v) is 7.75. The topological polar surface area (TPSA) is 55.6 Å². The number of carbonyl (C=O) groups is 1. The molecule has 20 heavy (non-hydrogen) atoms. The van der Waals surface area contributed by atoms with Crippen molar-refractivity contribution < 1.29 is 9.53 Å². The van der Waals surface area contributed by atoms with Crippen molar-refractivity contribution >= 4 is 21.8 Å². The molecule has 0 saturated carbocycles. The Balaban J connectivity index is 1.98. The lowest BCUT2D eigenvalue weighted by Crippen LogP contribution is -2.51. The van der Waals surface area contributed by atoms with Gasteiger partial charge in [-0.2, -0.15) is 0 Å². The van der Waals surface area contributed by atoms with Crippen molar-refractivity contribution in [1.29, 1.82) is 0 Å². The van der Waals surface area contributed by atoms with Crippen LogP contribution in [0.15, 0.2) is 28.7 Å². The summed E-state index contributed by atoms with van der Waals surface area (Å²) in [4.78, 5) is 14.3. The lowest BCUT2D eigenvalue weighted by Gasteiger charge is -2.37. The van der Waals surface area contributed by atoms with Crippen LogP contribution in [0.3, 0.4) is 0 Å². The van der Waals surface area contributed by atoms with Crippen molar-refractivity contribution in [3.05, 3.63) is 28.7 Å². The first-order chi connectivity index (χ1) is 9.47. The van der Waals surface area contributed by atoms with E-state index in [9.17, 15) is 4.79 Å². The highest BCUT2D eigenvalue weighted by Crippen LogP contribution is 2.21. The molecular weight excluding hydrogens is 320 g/mol. The Bertz CT molecular complexity index is 481. The van der Waals surface area contributed by atoms with Crippen LogP contribution in [0.4, 0.5) is 0 Å². The lowest BCUT2D eigenvalue weighted by molar-refractivity contribution is -0.141. The summed E-state index contributed by atoms with van der Waals surface area (Å²) < 4.78 is 6.67. The Morgan fingerprint density at radius 3 is 2.95 bits per heavy atom. The number of benzene rings is 1. The molecule has 2 rings (SSSR count). The largest absolute Gasteiger partial charge is 0.481 e. The zero-order chi connectivity index (χ0) is 14.7. The van der Waals surface area contributed by atoms with Gasteiger partial charge in [-0.25, -0.2) is 0 Å². The van der Waals surface area contributed by atoms with Crippen LogP contribution in [0, 0.1) is 0 Å². The molecule has 1 amide bonds. The molecule has 1 saturated heterocycles. The van der Waals surface area contributed by atoms with E-state index in [0.29, 0.717) is 12.3 Å². The van der Waals surface area contributed by atoms with E-state index in [1.54, 1.807) is 6.92 Å². The van der Waals surface area contributed by atoms with E-state index in [1.165, 1.54) is 0 Å². The Labute approximate surface area is 128 Å². The molecule has 1 aliphatic heterocycles. The van der Waals surface area contributed by atoms with Crippen LogP contribution >= 0.6 is 15.9 Å². The summed E-state index contributed by atoms with van der Waals surface area (Å²) in [6.07, 6.45) is 1.23. The predicted octanol–water partition coefficient (Wildman–Crippen LogP) is 2.55. The minimum Gasteiger partial charge on any atom is -0.481 e.